The van der Waals surface area contributed by atoms with Crippen LogP contribution in [-0.4, -0.2) is 168 Å². The number of pyridine rings is 2. The van der Waals surface area contributed by atoms with E-state index in [2.05, 4.69) is 41.5 Å². The fourth-order valence-electron chi connectivity index (χ4n) is 4.64. The highest BCUT2D eigenvalue weighted by atomic mass is 32.3. The van der Waals surface area contributed by atoms with E-state index in [1.807, 2.05) is 11.9 Å². The Morgan fingerprint density at radius 2 is 1.04 bits per heavy atom. The summed E-state index contributed by atoms with van der Waals surface area (Å²) < 4.78 is 64.3. The van der Waals surface area contributed by atoms with Gasteiger partial charge in [-0.05, 0) is 19.9 Å². The molecule has 322 valence electrons. The van der Waals surface area contributed by atoms with Gasteiger partial charge in [-0.3, -0.25) is 53.0 Å². The van der Waals surface area contributed by atoms with Gasteiger partial charge in [-0.15, -0.1) is 0 Å². The second-order valence-electron chi connectivity index (χ2n) is 12.4. The van der Waals surface area contributed by atoms with Crippen molar-refractivity contribution in [1.29, 1.82) is 0 Å². The zero-order chi connectivity index (χ0) is 43.6. The maximum absolute atomic E-state index is 11.1. The van der Waals surface area contributed by atoms with Crippen molar-refractivity contribution in [1.82, 2.24) is 14.9 Å². The van der Waals surface area contributed by atoms with Crippen LogP contribution in [-0.2, 0) is 38.1 Å². The maximum atomic E-state index is 11.1. The van der Waals surface area contributed by atoms with Crippen LogP contribution in [0.1, 0.15) is 12.8 Å². The monoisotopic (exact) mass is 858 g/mol. The number of nitrogens with zero attached hydrogens (tertiary/aromatic N) is 10. The third kappa shape index (κ3) is 18.7. The van der Waals surface area contributed by atoms with E-state index in [0.717, 1.165) is 89.7 Å². The van der Waals surface area contributed by atoms with Crippen molar-refractivity contribution in [3.8, 4) is 0 Å². The number of ether oxygens (including phenoxy) is 1. The highest BCUT2D eigenvalue weighted by Crippen LogP contribution is 2.31. The average molecular weight is 859 g/mol. The van der Waals surface area contributed by atoms with E-state index in [1.165, 1.54) is 12.8 Å². The zero-order valence-electron chi connectivity index (χ0n) is 32.0. The largest absolute Gasteiger partial charge is 0.726 e. The second-order valence-corrected chi connectivity index (χ2v) is 15.0. The van der Waals surface area contributed by atoms with E-state index in [4.69, 9.17) is 4.74 Å². The Morgan fingerprint density at radius 1 is 0.667 bits per heavy atom. The minimum absolute atomic E-state index is 0.198. The molecule has 3 saturated heterocycles. The number of aromatic nitrogens is 2. The quantitative estimate of drug-likeness (QED) is 0.111. The van der Waals surface area contributed by atoms with E-state index < -0.39 is 40.5 Å². The van der Waals surface area contributed by atoms with Crippen molar-refractivity contribution < 1.29 is 62.9 Å². The van der Waals surface area contributed by atoms with E-state index in [9.17, 15) is 61.8 Å². The smallest absolute Gasteiger partial charge is 0.399 e. The Balaban J connectivity index is 0.000000401. The summed E-state index contributed by atoms with van der Waals surface area (Å²) in [5.41, 5.74) is -1.37. The summed E-state index contributed by atoms with van der Waals surface area (Å²) in [7, 11) is 0.944. The number of quaternary nitrogens is 1. The van der Waals surface area contributed by atoms with E-state index >= 15 is 0 Å². The highest BCUT2D eigenvalue weighted by Gasteiger charge is 2.31. The number of rotatable bonds is 9. The number of hydrogen-bond donors (Lipinski definition) is 0. The molecule has 2 aromatic heterocycles. The molecular weight excluding hydrogens is 812 g/mol. The fraction of sp³-hybridized carbons (Fsp3) is 0.643. The lowest BCUT2D eigenvalue weighted by Gasteiger charge is -2.39. The molecule has 0 N–H and O–H groups in total. The Hall–Kier alpha value is -4.88. The Morgan fingerprint density at radius 3 is 1.30 bits per heavy atom. The Labute approximate surface area is 328 Å². The normalized spacial score (nSPS) is 16.5. The van der Waals surface area contributed by atoms with Gasteiger partial charge in [0.2, 0.25) is 22.0 Å². The fourth-order valence-corrected chi connectivity index (χ4v) is 4.78. The minimum atomic E-state index is -4.41. The molecule has 3 aliphatic heterocycles. The topological polar surface area (TPSA) is 336 Å². The SMILES string of the molecule is C1CCOC1.CN1CCN(c2ncc([N+](=O)[O-])cc2[N+](=O)[O-])CC1.COS(=O)(=O)OC.COS(=O)(=O)[O-].C[N+]1(C)CCN(c2ncc([N+](=O)[O-])cc2[N+](=O)[O-])CC1. The first-order valence-electron chi connectivity index (χ1n) is 16.5. The summed E-state index contributed by atoms with van der Waals surface area (Å²) in [5.74, 6) is 0.406. The Kier molecular flexibility index (Phi) is 20.6. The molecule has 3 aliphatic rings. The molecule has 27 nitrogen and oxygen atoms in total. The molecule has 3 fully saturated rings. The number of likely N-dealkylation sites (N-methyl/N-ethyl adjacent to an activating group) is 2. The third-order valence-corrected chi connectivity index (χ3v) is 9.20. The summed E-state index contributed by atoms with van der Waals surface area (Å²) in [6.07, 6.45) is 4.68. The van der Waals surface area contributed by atoms with Gasteiger partial charge in [0.25, 0.3) is 11.4 Å². The molecule has 0 aliphatic carbocycles. The summed E-state index contributed by atoms with van der Waals surface area (Å²) in [5, 5.41) is 43.4. The molecular formula is C28H46N10O17S2. The molecule has 57 heavy (non-hydrogen) atoms. The highest BCUT2D eigenvalue weighted by molar-refractivity contribution is 7.81. The predicted octanol–water partition coefficient (Wildman–Crippen LogP) is 0.858. The van der Waals surface area contributed by atoms with Crippen LogP contribution in [0.4, 0.5) is 34.4 Å². The molecule has 29 heteroatoms. The molecule has 0 spiro atoms. The van der Waals surface area contributed by atoms with Gasteiger partial charge in [-0.1, -0.05) is 0 Å². The van der Waals surface area contributed by atoms with Gasteiger partial charge in [0.05, 0.1) is 93.4 Å². The van der Waals surface area contributed by atoms with Crippen LogP contribution in [0, 0.1) is 40.5 Å². The number of piperazine rings is 2. The summed E-state index contributed by atoms with van der Waals surface area (Å²) in [6, 6.07) is 1.93. The second kappa shape index (κ2) is 23.4. The number of hydrogen-bond acceptors (Lipinski definition) is 22. The first-order chi connectivity index (χ1) is 26.5. The summed E-state index contributed by atoms with van der Waals surface area (Å²) >= 11 is 0. The van der Waals surface area contributed by atoms with Crippen LogP contribution in [0.2, 0.25) is 0 Å². The van der Waals surface area contributed by atoms with Crippen molar-refractivity contribution in [2.45, 2.75) is 12.8 Å². The lowest BCUT2D eigenvalue weighted by atomic mass is 10.2. The number of nitro groups is 4. The molecule has 5 rings (SSSR count). The molecule has 0 unspecified atom stereocenters. The molecule has 0 amide bonds. The minimum Gasteiger partial charge on any atom is -0.726 e. The third-order valence-electron chi connectivity index (χ3n) is 7.97. The zero-order valence-corrected chi connectivity index (χ0v) is 33.7. The molecule has 0 saturated carbocycles. The summed E-state index contributed by atoms with van der Waals surface area (Å²) in [4.78, 5) is 54.3. The molecule has 2 aromatic rings. The van der Waals surface area contributed by atoms with Crippen LogP contribution in [0.15, 0.2) is 24.5 Å². The van der Waals surface area contributed by atoms with Crippen LogP contribution >= 0.6 is 0 Å². The van der Waals surface area contributed by atoms with Crippen LogP contribution in [0.5, 0.6) is 0 Å². The van der Waals surface area contributed by atoms with Crippen molar-refractivity contribution in [3.63, 3.8) is 0 Å². The van der Waals surface area contributed by atoms with Crippen LogP contribution < -0.4 is 9.80 Å². The van der Waals surface area contributed by atoms with Gasteiger partial charge in [0.1, 0.15) is 12.4 Å². The van der Waals surface area contributed by atoms with Crippen LogP contribution in [0.3, 0.4) is 0 Å². The lowest BCUT2D eigenvalue weighted by Crippen LogP contribution is -2.55. The predicted molar refractivity (Wildman–Crippen MR) is 199 cm³/mol. The van der Waals surface area contributed by atoms with E-state index in [1.54, 1.807) is 4.90 Å². The van der Waals surface area contributed by atoms with Crippen molar-refractivity contribution >= 4 is 55.2 Å². The van der Waals surface area contributed by atoms with Gasteiger partial charge in [-0.25, -0.2) is 18.4 Å². The van der Waals surface area contributed by atoms with Gasteiger partial charge >= 0.3 is 21.8 Å². The van der Waals surface area contributed by atoms with E-state index in [0.29, 0.717) is 26.2 Å². The molecule has 0 radical (unpaired) electrons. The molecule has 0 aromatic carbocycles. The van der Waals surface area contributed by atoms with Crippen molar-refractivity contribution in [3.05, 3.63) is 65.0 Å². The lowest BCUT2D eigenvalue weighted by molar-refractivity contribution is -0.890. The molecule has 5 heterocycles. The first kappa shape index (κ1) is 50.1. The van der Waals surface area contributed by atoms with Gasteiger partial charge in [0, 0.05) is 39.4 Å². The van der Waals surface area contributed by atoms with Crippen LogP contribution in [0.25, 0.3) is 0 Å². The van der Waals surface area contributed by atoms with Gasteiger partial charge < -0.3 is 28.5 Å². The number of anilines is 2. The average Bonchev–Trinajstić information content (AvgIpc) is 3.76. The molecule has 0 bridgehead atoms. The first-order valence-corrected chi connectivity index (χ1v) is 19.2. The Bertz CT molecular complexity index is 1850. The van der Waals surface area contributed by atoms with Crippen molar-refractivity contribution in [2.75, 3.05) is 118 Å². The summed E-state index contributed by atoms with van der Waals surface area (Å²) in [6.45, 7) is 7.74. The van der Waals surface area contributed by atoms with Crippen molar-refractivity contribution in [2.24, 2.45) is 0 Å². The van der Waals surface area contributed by atoms with Gasteiger partial charge in [-0.2, -0.15) is 8.42 Å². The van der Waals surface area contributed by atoms with E-state index in [-0.39, 0.29) is 34.4 Å². The standard InChI is InChI=1S/C11H16N5O4.C10H13N5O4.C4H8O.C2H6O4S.CH4O4S/c1-16(2)5-3-13(4-6-16)11-10(15(19)20)7-9(8-12-11)14(17)18;1-12-2-4-13(5-3-12)10-9(15(18)19)6-8(7-11-10)14(16)17;1-2-4-5-3-1;1-5-7(3,4)6-2;1-5-6(2,3)4/h7-8H,3-6H2,1-2H3;6-7H,2-5H2,1H3;1-4H2;1-2H3;1H3,(H,2,3,4)/q+1;;;;/p-1. The maximum Gasteiger partial charge on any atom is 0.399 e. The van der Waals surface area contributed by atoms with Gasteiger partial charge in [0.15, 0.2) is 0 Å². The molecule has 0 atom stereocenters.